The second kappa shape index (κ2) is 12.3. The van der Waals surface area contributed by atoms with E-state index in [0.717, 1.165) is 6.42 Å². The van der Waals surface area contributed by atoms with Crippen molar-refractivity contribution in [2.45, 2.75) is 33.2 Å². The van der Waals surface area contributed by atoms with Crippen molar-refractivity contribution >= 4 is 36.0 Å². The summed E-state index contributed by atoms with van der Waals surface area (Å²) in [5, 5.41) is 8.92. The van der Waals surface area contributed by atoms with Gasteiger partial charge in [-0.1, -0.05) is 13.8 Å². The molecule has 0 aliphatic carbocycles. The van der Waals surface area contributed by atoms with Crippen molar-refractivity contribution in [3.8, 4) is 0 Å². The third kappa shape index (κ3) is 10.8. The minimum atomic E-state index is -0.371. The molecule has 1 amide bonds. The van der Waals surface area contributed by atoms with Gasteiger partial charge in [-0.15, -0.1) is 24.0 Å². The Balaban J connectivity index is 0. The number of guanidine groups is 1. The molecule has 1 unspecified atom stereocenters. The van der Waals surface area contributed by atoms with E-state index in [1.165, 1.54) is 0 Å². The van der Waals surface area contributed by atoms with Crippen LogP contribution in [-0.4, -0.2) is 45.3 Å². The number of halogens is 1. The summed E-state index contributed by atoms with van der Waals surface area (Å²) in [5.74, 6) is 1.20. The Bertz CT molecular complexity index is 272. The van der Waals surface area contributed by atoms with Crippen LogP contribution in [0, 0.1) is 5.92 Å². The number of nitrogens with zero attached hydrogens (tertiary/aromatic N) is 1. The van der Waals surface area contributed by atoms with Crippen molar-refractivity contribution in [3.05, 3.63) is 0 Å². The molecule has 0 bridgehead atoms. The molecule has 0 aliphatic rings. The standard InChI is InChI=1S/C12H26N4O2.HI/c1-6-18-12(17)16-10(7-9(2)3)8-15-11(13-4)14-5;/h9-10H,6-8H2,1-5H3,(H,16,17)(H2,13,14,15);1H. The van der Waals surface area contributed by atoms with E-state index >= 15 is 0 Å². The Labute approximate surface area is 133 Å². The fourth-order valence-corrected chi connectivity index (χ4v) is 1.60. The zero-order valence-electron chi connectivity index (χ0n) is 12.4. The lowest BCUT2D eigenvalue weighted by Gasteiger charge is -2.21. The van der Waals surface area contributed by atoms with Gasteiger partial charge in [0.05, 0.1) is 6.61 Å². The van der Waals surface area contributed by atoms with Gasteiger partial charge in [-0.2, -0.15) is 0 Å². The Morgan fingerprint density at radius 1 is 1.37 bits per heavy atom. The molecule has 19 heavy (non-hydrogen) atoms. The average molecular weight is 386 g/mol. The van der Waals surface area contributed by atoms with Crippen molar-refractivity contribution in [3.63, 3.8) is 0 Å². The number of ether oxygens (including phenoxy) is 1. The zero-order chi connectivity index (χ0) is 14.0. The maximum Gasteiger partial charge on any atom is 0.407 e. The van der Waals surface area contributed by atoms with Gasteiger partial charge < -0.3 is 20.7 Å². The molecule has 1 atom stereocenters. The Morgan fingerprint density at radius 2 is 2.00 bits per heavy atom. The number of hydrogen-bond acceptors (Lipinski definition) is 3. The lowest BCUT2D eigenvalue weighted by Crippen LogP contribution is -2.47. The SMILES string of the molecule is CCOC(=O)NC(CNC(=NC)NC)CC(C)C.I. The highest BCUT2D eigenvalue weighted by molar-refractivity contribution is 14.0. The first-order valence-corrected chi connectivity index (χ1v) is 6.35. The highest BCUT2D eigenvalue weighted by Crippen LogP contribution is 2.04. The van der Waals surface area contributed by atoms with E-state index in [9.17, 15) is 4.79 Å². The Hall–Kier alpha value is -0.730. The van der Waals surface area contributed by atoms with E-state index in [0.29, 0.717) is 25.0 Å². The molecule has 0 radical (unpaired) electrons. The number of alkyl carbamates (subject to hydrolysis) is 1. The lowest BCUT2D eigenvalue weighted by atomic mass is 10.0. The Kier molecular flexibility index (Phi) is 13.3. The maximum absolute atomic E-state index is 11.4. The van der Waals surface area contributed by atoms with E-state index in [-0.39, 0.29) is 36.1 Å². The molecular formula is C12H27IN4O2. The summed E-state index contributed by atoms with van der Waals surface area (Å²) in [4.78, 5) is 15.4. The molecule has 3 N–H and O–H groups in total. The lowest BCUT2D eigenvalue weighted by molar-refractivity contribution is 0.146. The summed E-state index contributed by atoms with van der Waals surface area (Å²) >= 11 is 0. The first-order valence-electron chi connectivity index (χ1n) is 6.35. The van der Waals surface area contributed by atoms with E-state index in [2.05, 4.69) is 34.8 Å². The first-order chi connectivity index (χ1) is 8.53. The highest BCUT2D eigenvalue weighted by atomic mass is 127. The fourth-order valence-electron chi connectivity index (χ4n) is 1.60. The number of nitrogens with one attached hydrogen (secondary N) is 3. The molecular weight excluding hydrogens is 359 g/mol. The molecule has 0 saturated carbocycles. The molecule has 0 rings (SSSR count). The van der Waals surface area contributed by atoms with Gasteiger partial charge >= 0.3 is 6.09 Å². The largest absolute Gasteiger partial charge is 0.450 e. The zero-order valence-corrected chi connectivity index (χ0v) is 14.8. The molecule has 7 heteroatoms. The van der Waals surface area contributed by atoms with Gasteiger partial charge in [0.1, 0.15) is 0 Å². The van der Waals surface area contributed by atoms with Crippen LogP contribution >= 0.6 is 24.0 Å². The van der Waals surface area contributed by atoms with E-state index in [1.807, 2.05) is 0 Å². The first kappa shape index (κ1) is 20.6. The number of aliphatic imine (C=N–C) groups is 1. The van der Waals surface area contributed by atoms with Gasteiger partial charge in [0.25, 0.3) is 0 Å². The predicted molar refractivity (Wildman–Crippen MR) is 89.2 cm³/mol. The third-order valence-electron chi connectivity index (χ3n) is 2.33. The van der Waals surface area contributed by atoms with Crippen LogP contribution in [0.25, 0.3) is 0 Å². The van der Waals surface area contributed by atoms with E-state index < -0.39 is 0 Å². The van der Waals surface area contributed by atoms with E-state index in [4.69, 9.17) is 4.74 Å². The minimum Gasteiger partial charge on any atom is -0.450 e. The number of carbonyl (C=O) groups excluding carboxylic acids is 1. The number of amides is 1. The quantitative estimate of drug-likeness (QED) is 0.368. The second-order valence-corrected chi connectivity index (χ2v) is 4.39. The predicted octanol–water partition coefficient (Wildman–Crippen LogP) is 1.56. The molecule has 0 aromatic carbocycles. The van der Waals surface area contributed by atoms with Crippen LogP contribution in [0.5, 0.6) is 0 Å². The van der Waals surface area contributed by atoms with Crippen molar-refractivity contribution in [2.24, 2.45) is 10.9 Å². The summed E-state index contributed by atoms with van der Waals surface area (Å²) in [7, 11) is 3.50. The molecule has 0 heterocycles. The molecule has 0 saturated heterocycles. The van der Waals surface area contributed by atoms with Crippen molar-refractivity contribution in [1.29, 1.82) is 0 Å². The molecule has 6 nitrogen and oxygen atoms in total. The number of carbonyl (C=O) groups is 1. The van der Waals surface area contributed by atoms with Crippen LogP contribution in [0.3, 0.4) is 0 Å². The summed E-state index contributed by atoms with van der Waals surface area (Å²) < 4.78 is 4.89. The summed E-state index contributed by atoms with van der Waals surface area (Å²) in [6.07, 6.45) is 0.511. The van der Waals surface area contributed by atoms with Crippen molar-refractivity contribution in [2.75, 3.05) is 27.2 Å². The van der Waals surface area contributed by atoms with Crippen LogP contribution in [0.1, 0.15) is 27.2 Å². The molecule has 0 aromatic heterocycles. The molecule has 0 aromatic rings. The van der Waals surface area contributed by atoms with Crippen LogP contribution in [0.15, 0.2) is 4.99 Å². The van der Waals surface area contributed by atoms with Crippen molar-refractivity contribution < 1.29 is 9.53 Å². The number of hydrogen-bond donors (Lipinski definition) is 3. The topological polar surface area (TPSA) is 74.8 Å². The van der Waals surface area contributed by atoms with Gasteiger partial charge in [0.15, 0.2) is 5.96 Å². The molecule has 0 fully saturated rings. The summed E-state index contributed by atoms with van der Waals surface area (Å²) in [5.41, 5.74) is 0. The van der Waals surface area contributed by atoms with Gasteiger partial charge in [0.2, 0.25) is 0 Å². The van der Waals surface area contributed by atoms with Crippen LogP contribution in [0.4, 0.5) is 4.79 Å². The van der Waals surface area contributed by atoms with Crippen molar-refractivity contribution in [1.82, 2.24) is 16.0 Å². The Morgan fingerprint density at radius 3 is 2.42 bits per heavy atom. The van der Waals surface area contributed by atoms with Crippen LogP contribution in [-0.2, 0) is 4.74 Å². The fraction of sp³-hybridized carbons (Fsp3) is 0.833. The smallest absolute Gasteiger partial charge is 0.407 e. The molecule has 0 aliphatic heterocycles. The summed E-state index contributed by atoms with van der Waals surface area (Å²) in [6.45, 7) is 7.02. The third-order valence-corrected chi connectivity index (χ3v) is 2.33. The molecule has 0 spiro atoms. The van der Waals surface area contributed by atoms with E-state index in [1.54, 1.807) is 21.0 Å². The summed E-state index contributed by atoms with van der Waals surface area (Å²) in [6, 6.07) is 0.0224. The van der Waals surface area contributed by atoms with Crippen LogP contribution in [0.2, 0.25) is 0 Å². The van der Waals surface area contributed by atoms with Crippen LogP contribution < -0.4 is 16.0 Å². The average Bonchev–Trinajstić information content (AvgIpc) is 2.29. The minimum absolute atomic E-state index is 0. The normalized spacial score (nSPS) is 12.4. The molecule has 114 valence electrons. The van der Waals surface area contributed by atoms with Gasteiger partial charge in [-0.3, -0.25) is 4.99 Å². The second-order valence-electron chi connectivity index (χ2n) is 4.39. The van der Waals surface area contributed by atoms with Gasteiger partial charge in [-0.25, -0.2) is 4.79 Å². The van der Waals surface area contributed by atoms with Gasteiger partial charge in [-0.05, 0) is 19.3 Å². The number of rotatable bonds is 6. The highest BCUT2D eigenvalue weighted by Gasteiger charge is 2.14. The van der Waals surface area contributed by atoms with Gasteiger partial charge in [0, 0.05) is 26.7 Å². The monoisotopic (exact) mass is 386 g/mol. The maximum atomic E-state index is 11.4.